The highest BCUT2D eigenvalue weighted by Gasteiger charge is 2.28. The van der Waals surface area contributed by atoms with Gasteiger partial charge in [0, 0.05) is 11.8 Å². The molecule has 0 radical (unpaired) electrons. The van der Waals surface area contributed by atoms with Crippen molar-refractivity contribution in [1.29, 1.82) is 0 Å². The molecule has 3 nitrogen and oxygen atoms in total. The lowest BCUT2D eigenvalue weighted by Crippen LogP contribution is -2.02. The average molecular weight is 227 g/mol. The van der Waals surface area contributed by atoms with Gasteiger partial charge in [0.2, 0.25) is 0 Å². The Bertz CT molecular complexity index is 485. The van der Waals surface area contributed by atoms with E-state index in [1.165, 1.54) is 18.4 Å². The van der Waals surface area contributed by atoms with E-state index in [0.29, 0.717) is 11.8 Å². The molecule has 1 aromatic heterocycles. The molecular formula is C14H17N3. The first-order valence-electron chi connectivity index (χ1n) is 6.35. The van der Waals surface area contributed by atoms with Gasteiger partial charge in [-0.2, -0.15) is 5.10 Å². The number of nitrogens with one attached hydrogen (secondary N) is 1. The van der Waals surface area contributed by atoms with Crippen LogP contribution >= 0.6 is 0 Å². The van der Waals surface area contributed by atoms with Crippen LogP contribution in [0.5, 0.6) is 0 Å². The topological polar surface area (TPSA) is 41.6 Å². The molecule has 88 valence electrons. The molecule has 0 aliphatic heterocycles. The van der Waals surface area contributed by atoms with Gasteiger partial charge in [0.15, 0.2) is 5.82 Å². The standard InChI is InChI=1S/C14H17N3/c1-2-12(10-6-4-3-5-7-10)14-15-13(16-17-14)11-8-9-11/h3-7,11-12H,2,8-9H2,1H3,(H,15,16,17). The molecule has 1 unspecified atom stereocenters. The largest absolute Gasteiger partial charge is 0.263 e. The van der Waals surface area contributed by atoms with Crippen molar-refractivity contribution in [2.75, 3.05) is 0 Å². The van der Waals surface area contributed by atoms with Crippen LogP contribution in [-0.4, -0.2) is 15.2 Å². The average Bonchev–Trinajstić information content (AvgIpc) is 3.12. The summed E-state index contributed by atoms with van der Waals surface area (Å²) in [5.74, 6) is 2.99. The summed E-state index contributed by atoms with van der Waals surface area (Å²) >= 11 is 0. The highest BCUT2D eigenvalue weighted by atomic mass is 15.2. The summed E-state index contributed by atoms with van der Waals surface area (Å²) in [4.78, 5) is 4.65. The van der Waals surface area contributed by atoms with Crippen molar-refractivity contribution in [2.24, 2.45) is 0 Å². The first-order valence-corrected chi connectivity index (χ1v) is 6.35. The number of hydrogen-bond donors (Lipinski definition) is 1. The molecule has 2 aromatic rings. The minimum Gasteiger partial charge on any atom is -0.263 e. The summed E-state index contributed by atoms with van der Waals surface area (Å²) in [5, 5.41) is 7.48. The summed E-state index contributed by atoms with van der Waals surface area (Å²) < 4.78 is 0. The van der Waals surface area contributed by atoms with E-state index in [0.717, 1.165) is 18.1 Å². The second-order valence-electron chi connectivity index (χ2n) is 4.72. The molecule has 1 N–H and O–H groups in total. The zero-order chi connectivity index (χ0) is 11.7. The van der Waals surface area contributed by atoms with E-state index in [-0.39, 0.29) is 0 Å². The van der Waals surface area contributed by atoms with Gasteiger partial charge < -0.3 is 0 Å². The van der Waals surface area contributed by atoms with E-state index >= 15 is 0 Å². The summed E-state index contributed by atoms with van der Waals surface area (Å²) in [6, 6.07) is 10.5. The van der Waals surface area contributed by atoms with Gasteiger partial charge in [-0.25, -0.2) is 4.98 Å². The quantitative estimate of drug-likeness (QED) is 0.871. The van der Waals surface area contributed by atoms with Crippen LogP contribution in [0.3, 0.4) is 0 Å². The van der Waals surface area contributed by atoms with Gasteiger partial charge in [-0.15, -0.1) is 0 Å². The molecule has 0 amide bonds. The molecule has 1 saturated carbocycles. The number of aromatic nitrogens is 3. The molecule has 0 bridgehead atoms. The van der Waals surface area contributed by atoms with Crippen molar-refractivity contribution in [3.8, 4) is 0 Å². The lowest BCUT2D eigenvalue weighted by Gasteiger charge is -2.10. The van der Waals surface area contributed by atoms with Crippen LogP contribution in [-0.2, 0) is 0 Å². The molecule has 1 atom stereocenters. The molecule has 3 heteroatoms. The fraction of sp³-hybridized carbons (Fsp3) is 0.429. The predicted octanol–water partition coefficient (Wildman–Crippen LogP) is 3.22. The van der Waals surface area contributed by atoms with Crippen molar-refractivity contribution < 1.29 is 0 Å². The molecule has 0 spiro atoms. The molecule has 1 aliphatic rings. The lowest BCUT2D eigenvalue weighted by molar-refractivity contribution is 0.720. The fourth-order valence-corrected chi connectivity index (χ4v) is 2.24. The minimum atomic E-state index is 0.319. The number of hydrogen-bond acceptors (Lipinski definition) is 2. The van der Waals surface area contributed by atoms with Gasteiger partial charge in [-0.1, -0.05) is 37.3 Å². The van der Waals surface area contributed by atoms with E-state index < -0.39 is 0 Å². The van der Waals surface area contributed by atoms with Crippen molar-refractivity contribution in [3.05, 3.63) is 47.5 Å². The van der Waals surface area contributed by atoms with E-state index in [1.807, 2.05) is 6.07 Å². The number of nitrogens with zero attached hydrogens (tertiary/aromatic N) is 2. The third kappa shape index (κ3) is 2.09. The molecular weight excluding hydrogens is 210 g/mol. The first kappa shape index (κ1) is 10.5. The fourth-order valence-electron chi connectivity index (χ4n) is 2.24. The Morgan fingerprint density at radius 2 is 2.06 bits per heavy atom. The SMILES string of the molecule is CCC(c1ccccc1)c1n[nH]c(C2CC2)n1. The van der Waals surface area contributed by atoms with Crippen LogP contribution in [0.4, 0.5) is 0 Å². The molecule has 17 heavy (non-hydrogen) atoms. The number of rotatable bonds is 4. The van der Waals surface area contributed by atoms with Crippen molar-refractivity contribution in [3.63, 3.8) is 0 Å². The summed E-state index contributed by atoms with van der Waals surface area (Å²) in [7, 11) is 0. The lowest BCUT2D eigenvalue weighted by atomic mass is 9.96. The zero-order valence-electron chi connectivity index (χ0n) is 10.1. The number of aromatic amines is 1. The third-order valence-corrected chi connectivity index (χ3v) is 3.41. The van der Waals surface area contributed by atoms with Gasteiger partial charge in [0.1, 0.15) is 5.82 Å². The van der Waals surface area contributed by atoms with Crippen molar-refractivity contribution in [1.82, 2.24) is 15.2 Å². The molecule has 1 aromatic carbocycles. The number of H-pyrrole nitrogens is 1. The zero-order valence-corrected chi connectivity index (χ0v) is 10.1. The van der Waals surface area contributed by atoms with Crippen LogP contribution in [0, 0.1) is 0 Å². The highest BCUT2D eigenvalue weighted by Crippen LogP contribution is 2.38. The maximum atomic E-state index is 4.65. The Morgan fingerprint density at radius 1 is 1.29 bits per heavy atom. The van der Waals surface area contributed by atoms with Crippen LogP contribution in [0.2, 0.25) is 0 Å². The second kappa shape index (κ2) is 4.32. The Kier molecular flexibility index (Phi) is 2.67. The van der Waals surface area contributed by atoms with Crippen LogP contribution in [0.15, 0.2) is 30.3 Å². The summed E-state index contributed by atoms with van der Waals surface area (Å²) in [6.07, 6.45) is 3.56. The maximum Gasteiger partial charge on any atom is 0.158 e. The highest BCUT2D eigenvalue weighted by molar-refractivity contribution is 5.25. The van der Waals surface area contributed by atoms with E-state index in [2.05, 4.69) is 46.4 Å². The van der Waals surface area contributed by atoms with Gasteiger partial charge in [0.05, 0.1) is 0 Å². The van der Waals surface area contributed by atoms with Crippen molar-refractivity contribution in [2.45, 2.75) is 38.0 Å². The first-order chi connectivity index (χ1) is 8.38. The van der Waals surface area contributed by atoms with Crippen LogP contribution in [0.1, 0.15) is 55.2 Å². The Balaban J connectivity index is 1.88. The molecule has 1 heterocycles. The van der Waals surface area contributed by atoms with Gasteiger partial charge >= 0.3 is 0 Å². The van der Waals surface area contributed by atoms with E-state index in [1.54, 1.807) is 0 Å². The van der Waals surface area contributed by atoms with Crippen LogP contribution < -0.4 is 0 Å². The third-order valence-electron chi connectivity index (χ3n) is 3.41. The molecule has 1 aliphatic carbocycles. The minimum absolute atomic E-state index is 0.319. The maximum absolute atomic E-state index is 4.65. The summed E-state index contributed by atoms with van der Waals surface area (Å²) in [5.41, 5.74) is 1.30. The Hall–Kier alpha value is -1.64. The monoisotopic (exact) mass is 227 g/mol. The van der Waals surface area contributed by atoms with E-state index in [9.17, 15) is 0 Å². The smallest absolute Gasteiger partial charge is 0.158 e. The van der Waals surface area contributed by atoms with Gasteiger partial charge in [0.25, 0.3) is 0 Å². The predicted molar refractivity (Wildman–Crippen MR) is 66.9 cm³/mol. The molecule has 0 saturated heterocycles. The Labute approximate surface area is 101 Å². The molecule has 3 rings (SSSR count). The number of benzene rings is 1. The van der Waals surface area contributed by atoms with Gasteiger partial charge in [-0.3, -0.25) is 5.10 Å². The normalized spacial score (nSPS) is 17.0. The second-order valence-corrected chi connectivity index (χ2v) is 4.72. The van der Waals surface area contributed by atoms with Crippen molar-refractivity contribution >= 4 is 0 Å². The summed E-state index contributed by atoms with van der Waals surface area (Å²) in [6.45, 7) is 2.19. The van der Waals surface area contributed by atoms with E-state index in [4.69, 9.17) is 0 Å². The van der Waals surface area contributed by atoms with Gasteiger partial charge in [-0.05, 0) is 24.8 Å². The van der Waals surface area contributed by atoms with Crippen LogP contribution in [0.25, 0.3) is 0 Å². The Morgan fingerprint density at radius 3 is 2.71 bits per heavy atom. The molecule has 1 fully saturated rings.